The molecule has 0 aromatic heterocycles. The molecule has 94 valence electrons. The molecule has 0 spiro atoms. The molecule has 1 aliphatic rings. The van der Waals surface area contributed by atoms with Crippen molar-refractivity contribution in [1.82, 2.24) is 5.32 Å². The first-order chi connectivity index (χ1) is 8.15. The summed E-state index contributed by atoms with van der Waals surface area (Å²) in [6.45, 7) is 6.62. The molecule has 0 unspecified atom stereocenters. The summed E-state index contributed by atoms with van der Waals surface area (Å²) in [5.74, 6) is 0. The van der Waals surface area contributed by atoms with Crippen molar-refractivity contribution in [3.63, 3.8) is 0 Å². The fourth-order valence-corrected chi connectivity index (χ4v) is 2.21. The van der Waals surface area contributed by atoms with Gasteiger partial charge in [-0.2, -0.15) is 0 Å². The third-order valence-corrected chi connectivity index (χ3v) is 3.87. The van der Waals surface area contributed by atoms with Crippen LogP contribution in [0.4, 0.5) is 0 Å². The Labute approximate surface area is 104 Å². The summed E-state index contributed by atoms with van der Waals surface area (Å²) in [5, 5.41) is 12.7. The monoisotopic (exact) mass is 233 g/mol. The third-order valence-electron chi connectivity index (χ3n) is 3.87. The average Bonchev–Trinajstić information content (AvgIpc) is 3.10. The third kappa shape index (κ3) is 3.30. The molecule has 0 radical (unpaired) electrons. The van der Waals surface area contributed by atoms with Gasteiger partial charge in [0.1, 0.15) is 0 Å². The Bertz CT molecular complexity index is 383. The van der Waals surface area contributed by atoms with Gasteiger partial charge in [0, 0.05) is 18.6 Å². The van der Waals surface area contributed by atoms with Crippen LogP contribution in [0.15, 0.2) is 18.2 Å². The summed E-state index contributed by atoms with van der Waals surface area (Å²) in [6.07, 6.45) is 3.44. The molecule has 1 fully saturated rings. The highest BCUT2D eigenvalue weighted by atomic mass is 16.3. The summed E-state index contributed by atoms with van der Waals surface area (Å²) in [5.41, 5.74) is 4.37. The fraction of sp³-hybridized carbons (Fsp3) is 0.600. The molecule has 1 aromatic carbocycles. The first kappa shape index (κ1) is 12.6. The molecule has 2 rings (SSSR count). The summed E-state index contributed by atoms with van der Waals surface area (Å²) >= 11 is 0. The number of nitrogens with one attached hydrogen (secondary N) is 1. The van der Waals surface area contributed by atoms with Gasteiger partial charge in [-0.05, 0) is 50.8 Å². The van der Waals surface area contributed by atoms with Crippen LogP contribution in [0.1, 0.15) is 29.5 Å². The van der Waals surface area contributed by atoms with Crippen LogP contribution in [0, 0.1) is 19.3 Å². The van der Waals surface area contributed by atoms with E-state index < -0.39 is 0 Å². The molecule has 2 N–H and O–H groups in total. The first-order valence-corrected chi connectivity index (χ1v) is 6.53. The van der Waals surface area contributed by atoms with E-state index in [4.69, 9.17) is 0 Å². The van der Waals surface area contributed by atoms with Gasteiger partial charge < -0.3 is 10.4 Å². The molecule has 0 heterocycles. The van der Waals surface area contributed by atoms with Crippen molar-refractivity contribution in [2.75, 3.05) is 19.7 Å². The number of rotatable bonds is 6. The summed E-state index contributed by atoms with van der Waals surface area (Å²) in [6, 6.07) is 6.63. The highest BCUT2D eigenvalue weighted by molar-refractivity contribution is 5.30. The lowest BCUT2D eigenvalue weighted by Gasteiger charge is -2.13. The van der Waals surface area contributed by atoms with Gasteiger partial charge in [-0.15, -0.1) is 0 Å². The van der Waals surface area contributed by atoms with E-state index >= 15 is 0 Å². The maximum absolute atomic E-state index is 9.21. The minimum absolute atomic E-state index is 0.224. The van der Waals surface area contributed by atoms with E-state index in [1.54, 1.807) is 0 Å². The van der Waals surface area contributed by atoms with E-state index in [9.17, 15) is 5.11 Å². The predicted octanol–water partition coefficient (Wildman–Crippen LogP) is 2.21. The Kier molecular flexibility index (Phi) is 3.85. The number of hydrogen-bond donors (Lipinski definition) is 2. The second-order valence-electron chi connectivity index (χ2n) is 5.51. The smallest absolute Gasteiger partial charge is 0.0499 e. The molecule has 17 heavy (non-hydrogen) atoms. The topological polar surface area (TPSA) is 32.3 Å². The van der Waals surface area contributed by atoms with E-state index in [1.807, 2.05) is 0 Å². The molecule has 1 saturated carbocycles. The molecule has 1 aliphatic carbocycles. The number of hydrogen-bond acceptors (Lipinski definition) is 2. The average molecular weight is 233 g/mol. The Morgan fingerprint density at radius 2 is 2.06 bits per heavy atom. The van der Waals surface area contributed by atoms with Gasteiger partial charge in [-0.25, -0.2) is 0 Å². The minimum Gasteiger partial charge on any atom is -0.396 e. The summed E-state index contributed by atoms with van der Waals surface area (Å²) in [7, 11) is 0. The van der Waals surface area contributed by atoms with Crippen molar-refractivity contribution in [2.45, 2.75) is 33.1 Å². The van der Waals surface area contributed by atoms with Gasteiger partial charge in [0.05, 0.1) is 0 Å². The molecular weight excluding hydrogens is 210 g/mol. The molecule has 0 amide bonds. The second-order valence-corrected chi connectivity index (χ2v) is 5.51. The zero-order valence-corrected chi connectivity index (χ0v) is 10.9. The minimum atomic E-state index is 0.224. The Balaban J connectivity index is 1.76. The Hall–Kier alpha value is -0.860. The summed E-state index contributed by atoms with van der Waals surface area (Å²) < 4.78 is 0. The van der Waals surface area contributed by atoms with Crippen LogP contribution in [0.3, 0.4) is 0 Å². The van der Waals surface area contributed by atoms with Crippen molar-refractivity contribution in [3.8, 4) is 0 Å². The van der Waals surface area contributed by atoms with Crippen LogP contribution < -0.4 is 5.32 Å². The Morgan fingerprint density at radius 3 is 2.71 bits per heavy atom. The molecule has 0 saturated heterocycles. The van der Waals surface area contributed by atoms with Gasteiger partial charge in [0.15, 0.2) is 0 Å². The number of benzene rings is 1. The SMILES string of the molecule is Cc1ccc(C)c(CCNCC2(CO)CC2)c1. The van der Waals surface area contributed by atoms with Crippen LogP contribution in [0.2, 0.25) is 0 Å². The molecule has 0 atom stereocenters. The molecular formula is C15H23NO. The Morgan fingerprint density at radius 1 is 1.29 bits per heavy atom. The maximum Gasteiger partial charge on any atom is 0.0499 e. The van der Waals surface area contributed by atoms with E-state index in [0.717, 1.165) is 19.5 Å². The van der Waals surface area contributed by atoms with Crippen LogP contribution in [-0.2, 0) is 6.42 Å². The first-order valence-electron chi connectivity index (χ1n) is 6.53. The standard InChI is InChI=1S/C15H23NO/c1-12-3-4-13(2)14(9-12)5-8-16-10-15(11-17)6-7-15/h3-4,9,16-17H,5-8,10-11H2,1-2H3. The second kappa shape index (κ2) is 5.19. The van der Waals surface area contributed by atoms with Gasteiger partial charge in [-0.1, -0.05) is 23.8 Å². The largest absolute Gasteiger partial charge is 0.396 e. The molecule has 2 heteroatoms. The number of aryl methyl sites for hydroxylation is 2. The fourth-order valence-electron chi connectivity index (χ4n) is 2.21. The summed E-state index contributed by atoms with van der Waals surface area (Å²) in [4.78, 5) is 0. The lowest BCUT2D eigenvalue weighted by Crippen LogP contribution is -2.28. The maximum atomic E-state index is 9.21. The normalized spacial score (nSPS) is 17.1. The predicted molar refractivity (Wildman–Crippen MR) is 71.2 cm³/mol. The van der Waals surface area contributed by atoms with Crippen molar-refractivity contribution < 1.29 is 5.11 Å². The van der Waals surface area contributed by atoms with Gasteiger partial charge in [0.2, 0.25) is 0 Å². The highest BCUT2D eigenvalue weighted by Crippen LogP contribution is 2.44. The molecule has 1 aromatic rings. The van der Waals surface area contributed by atoms with Crippen LogP contribution in [-0.4, -0.2) is 24.8 Å². The van der Waals surface area contributed by atoms with E-state index in [0.29, 0.717) is 6.61 Å². The van der Waals surface area contributed by atoms with Crippen molar-refractivity contribution >= 4 is 0 Å². The van der Waals surface area contributed by atoms with Crippen molar-refractivity contribution in [2.24, 2.45) is 5.41 Å². The van der Waals surface area contributed by atoms with Crippen molar-refractivity contribution in [1.29, 1.82) is 0 Å². The number of aliphatic hydroxyl groups is 1. The van der Waals surface area contributed by atoms with Crippen LogP contribution in [0.5, 0.6) is 0 Å². The lowest BCUT2D eigenvalue weighted by atomic mass is 10.0. The van der Waals surface area contributed by atoms with Crippen LogP contribution in [0.25, 0.3) is 0 Å². The van der Waals surface area contributed by atoms with E-state index in [2.05, 4.69) is 37.4 Å². The van der Waals surface area contributed by atoms with E-state index in [-0.39, 0.29) is 5.41 Å². The zero-order valence-electron chi connectivity index (χ0n) is 10.9. The van der Waals surface area contributed by atoms with E-state index in [1.165, 1.54) is 29.5 Å². The van der Waals surface area contributed by atoms with Gasteiger partial charge in [-0.3, -0.25) is 0 Å². The van der Waals surface area contributed by atoms with Gasteiger partial charge >= 0.3 is 0 Å². The molecule has 0 bridgehead atoms. The van der Waals surface area contributed by atoms with Crippen molar-refractivity contribution in [3.05, 3.63) is 34.9 Å². The lowest BCUT2D eigenvalue weighted by molar-refractivity contribution is 0.208. The zero-order chi connectivity index (χ0) is 12.3. The quantitative estimate of drug-likeness (QED) is 0.738. The molecule has 0 aliphatic heterocycles. The van der Waals surface area contributed by atoms with Crippen LogP contribution >= 0.6 is 0 Å². The molecule has 2 nitrogen and oxygen atoms in total. The number of aliphatic hydroxyl groups excluding tert-OH is 1. The highest BCUT2D eigenvalue weighted by Gasteiger charge is 2.41. The van der Waals surface area contributed by atoms with Gasteiger partial charge in [0.25, 0.3) is 0 Å².